The molecular formula is C19H33Cl2N3O. The molecule has 0 aliphatic carbocycles. The van der Waals surface area contributed by atoms with Gasteiger partial charge in [0, 0.05) is 18.6 Å². The molecule has 3 atom stereocenters. The number of likely N-dealkylation sites (tertiary alicyclic amines) is 1. The number of piperidine rings is 1. The van der Waals surface area contributed by atoms with Crippen molar-refractivity contribution in [3.05, 3.63) is 35.9 Å². The molecule has 3 N–H and O–H groups in total. The van der Waals surface area contributed by atoms with E-state index in [9.17, 15) is 4.79 Å². The topological polar surface area (TPSA) is 58.4 Å². The Bertz CT molecular complexity index is 493. The van der Waals surface area contributed by atoms with Gasteiger partial charge in [-0.3, -0.25) is 9.69 Å². The highest BCUT2D eigenvalue weighted by molar-refractivity contribution is 5.85. The molecular weight excluding hydrogens is 357 g/mol. The predicted molar refractivity (Wildman–Crippen MR) is 109 cm³/mol. The van der Waals surface area contributed by atoms with Crippen molar-refractivity contribution in [2.45, 2.75) is 45.7 Å². The van der Waals surface area contributed by atoms with Crippen LogP contribution in [-0.2, 0) is 4.79 Å². The standard InChI is InChI=1S/C19H31N3O.2ClH/c1-14-9-11-22(12-10-14)15(2)13-21-19(23)16(3)18(20)17-7-5-4-6-8-17;;/h4-8,14-16,18H,9-13,20H2,1-3H3,(H,21,23);2*1H. The average Bonchev–Trinajstić information content (AvgIpc) is 2.59. The van der Waals surface area contributed by atoms with Gasteiger partial charge in [-0.05, 0) is 44.3 Å². The van der Waals surface area contributed by atoms with Gasteiger partial charge >= 0.3 is 0 Å². The van der Waals surface area contributed by atoms with Gasteiger partial charge in [-0.1, -0.05) is 44.2 Å². The number of carbonyl (C=O) groups is 1. The molecule has 3 unspecified atom stereocenters. The van der Waals surface area contributed by atoms with Crippen LogP contribution in [-0.4, -0.2) is 36.5 Å². The van der Waals surface area contributed by atoms with E-state index in [-0.39, 0.29) is 42.7 Å². The Morgan fingerprint density at radius 2 is 1.76 bits per heavy atom. The summed E-state index contributed by atoms with van der Waals surface area (Å²) < 4.78 is 0. The molecule has 0 aromatic heterocycles. The summed E-state index contributed by atoms with van der Waals surface area (Å²) >= 11 is 0. The molecule has 144 valence electrons. The number of carbonyl (C=O) groups excluding carboxylic acids is 1. The minimum absolute atomic E-state index is 0. The van der Waals surface area contributed by atoms with Crippen LogP contribution in [0.1, 0.15) is 45.2 Å². The maximum absolute atomic E-state index is 12.4. The molecule has 6 heteroatoms. The van der Waals surface area contributed by atoms with Crippen molar-refractivity contribution in [2.24, 2.45) is 17.6 Å². The van der Waals surface area contributed by atoms with E-state index < -0.39 is 0 Å². The van der Waals surface area contributed by atoms with Crippen molar-refractivity contribution in [3.63, 3.8) is 0 Å². The van der Waals surface area contributed by atoms with E-state index in [0.717, 1.165) is 24.6 Å². The Labute approximate surface area is 164 Å². The SMILES string of the molecule is CC1CCN(C(C)CNC(=O)C(C)C(N)c2ccccc2)CC1.Cl.Cl. The molecule has 0 bridgehead atoms. The van der Waals surface area contributed by atoms with Gasteiger partial charge in [0.2, 0.25) is 5.91 Å². The molecule has 1 heterocycles. The second kappa shape index (κ2) is 11.7. The summed E-state index contributed by atoms with van der Waals surface area (Å²) in [6.07, 6.45) is 2.52. The van der Waals surface area contributed by atoms with Gasteiger partial charge in [0.15, 0.2) is 0 Å². The second-order valence-corrected chi connectivity index (χ2v) is 7.04. The van der Waals surface area contributed by atoms with Crippen LogP contribution < -0.4 is 11.1 Å². The molecule has 1 aliphatic rings. The van der Waals surface area contributed by atoms with E-state index in [2.05, 4.69) is 24.1 Å². The summed E-state index contributed by atoms with van der Waals surface area (Å²) in [7, 11) is 0. The molecule has 1 fully saturated rings. The van der Waals surface area contributed by atoms with E-state index in [1.54, 1.807) is 0 Å². The Balaban J connectivity index is 0.00000288. The fourth-order valence-corrected chi connectivity index (χ4v) is 3.13. The van der Waals surface area contributed by atoms with Gasteiger partial charge in [-0.2, -0.15) is 0 Å². The third-order valence-corrected chi connectivity index (χ3v) is 5.15. The second-order valence-electron chi connectivity index (χ2n) is 7.04. The van der Waals surface area contributed by atoms with E-state index in [1.807, 2.05) is 37.3 Å². The van der Waals surface area contributed by atoms with Crippen molar-refractivity contribution in [1.29, 1.82) is 0 Å². The zero-order valence-electron chi connectivity index (χ0n) is 15.5. The maximum atomic E-state index is 12.4. The van der Waals surface area contributed by atoms with Crippen molar-refractivity contribution in [3.8, 4) is 0 Å². The third-order valence-electron chi connectivity index (χ3n) is 5.15. The number of nitrogens with two attached hydrogens (primary N) is 1. The normalized spacial score (nSPS) is 19.0. The molecule has 1 amide bonds. The molecule has 4 nitrogen and oxygen atoms in total. The number of hydrogen-bond acceptors (Lipinski definition) is 3. The molecule has 1 aromatic carbocycles. The summed E-state index contributed by atoms with van der Waals surface area (Å²) in [5.41, 5.74) is 7.24. The predicted octanol–water partition coefficient (Wildman–Crippen LogP) is 3.40. The number of rotatable bonds is 6. The van der Waals surface area contributed by atoms with Crippen LogP contribution in [0, 0.1) is 11.8 Å². The van der Waals surface area contributed by atoms with Gasteiger partial charge in [0.1, 0.15) is 0 Å². The van der Waals surface area contributed by atoms with Gasteiger partial charge < -0.3 is 11.1 Å². The lowest BCUT2D eigenvalue weighted by atomic mass is 9.94. The average molecular weight is 390 g/mol. The van der Waals surface area contributed by atoms with Crippen LogP contribution in [0.5, 0.6) is 0 Å². The van der Waals surface area contributed by atoms with Crippen LogP contribution in [0.25, 0.3) is 0 Å². The number of hydrogen-bond donors (Lipinski definition) is 2. The summed E-state index contributed by atoms with van der Waals surface area (Å²) in [4.78, 5) is 14.9. The Morgan fingerprint density at radius 1 is 1.20 bits per heavy atom. The molecule has 0 radical (unpaired) electrons. The first-order valence-electron chi connectivity index (χ1n) is 8.81. The molecule has 1 aliphatic heterocycles. The van der Waals surface area contributed by atoms with Gasteiger partial charge in [0.05, 0.1) is 5.92 Å². The maximum Gasteiger partial charge on any atom is 0.224 e. The van der Waals surface area contributed by atoms with Gasteiger partial charge in [-0.25, -0.2) is 0 Å². The first-order chi connectivity index (χ1) is 11.0. The molecule has 25 heavy (non-hydrogen) atoms. The molecule has 2 rings (SSSR count). The lowest BCUT2D eigenvalue weighted by Gasteiger charge is -2.35. The zero-order valence-corrected chi connectivity index (χ0v) is 17.1. The highest BCUT2D eigenvalue weighted by Crippen LogP contribution is 2.20. The highest BCUT2D eigenvalue weighted by atomic mass is 35.5. The Morgan fingerprint density at radius 3 is 2.32 bits per heavy atom. The summed E-state index contributed by atoms with van der Waals surface area (Å²) in [6.45, 7) is 9.38. The smallest absolute Gasteiger partial charge is 0.224 e. The number of nitrogens with zero attached hydrogens (tertiary/aromatic N) is 1. The van der Waals surface area contributed by atoms with Crippen molar-refractivity contribution in [2.75, 3.05) is 19.6 Å². The monoisotopic (exact) mass is 389 g/mol. The molecule has 1 aromatic rings. The number of halogens is 2. The minimum atomic E-state index is -0.262. The largest absolute Gasteiger partial charge is 0.354 e. The summed E-state index contributed by atoms with van der Waals surface area (Å²) in [5, 5.41) is 3.08. The lowest BCUT2D eigenvalue weighted by Crippen LogP contribution is -2.47. The van der Waals surface area contributed by atoms with Gasteiger partial charge in [-0.15, -0.1) is 24.8 Å². The fraction of sp³-hybridized carbons (Fsp3) is 0.632. The van der Waals surface area contributed by atoms with Crippen LogP contribution in [0.2, 0.25) is 0 Å². The molecule has 0 spiro atoms. The van der Waals surface area contributed by atoms with Crippen LogP contribution in [0.4, 0.5) is 0 Å². The summed E-state index contributed by atoms with van der Waals surface area (Å²) in [6, 6.07) is 9.95. The minimum Gasteiger partial charge on any atom is -0.354 e. The highest BCUT2D eigenvalue weighted by Gasteiger charge is 2.24. The Kier molecular flexibility index (Phi) is 11.4. The van der Waals surface area contributed by atoms with Gasteiger partial charge in [0.25, 0.3) is 0 Å². The lowest BCUT2D eigenvalue weighted by molar-refractivity contribution is -0.125. The Hall–Kier alpha value is -0.810. The zero-order chi connectivity index (χ0) is 16.8. The van der Waals surface area contributed by atoms with Crippen molar-refractivity contribution < 1.29 is 4.79 Å². The third kappa shape index (κ3) is 7.14. The van der Waals surface area contributed by atoms with E-state index in [4.69, 9.17) is 5.73 Å². The number of amides is 1. The molecule has 0 saturated carbocycles. The fourth-order valence-electron chi connectivity index (χ4n) is 3.13. The van der Waals surface area contributed by atoms with E-state index >= 15 is 0 Å². The number of benzene rings is 1. The van der Waals surface area contributed by atoms with Crippen LogP contribution in [0.15, 0.2) is 30.3 Å². The summed E-state index contributed by atoms with van der Waals surface area (Å²) in [5.74, 6) is 0.640. The number of nitrogens with one attached hydrogen (secondary N) is 1. The van der Waals surface area contributed by atoms with E-state index in [1.165, 1.54) is 12.8 Å². The van der Waals surface area contributed by atoms with Crippen LogP contribution in [0.3, 0.4) is 0 Å². The quantitative estimate of drug-likeness (QED) is 0.783. The first kappa shape index (κ1) is 24.2. The van der Waals surface area contributed by atoms with Crippen LogP contribution >= 0.6 is 24.8 Å². The van der Waals surface area contributed by atoms with Crippen molar-refractivity contribution >= 4 is 30.7 Å². The van der Waals surface area contributed by atoms with E-state index in [0.29, 0.717) is 12.6 Å². The van der Waals surface area contributed by atoms with Crippen molar-refractivity contribution in [1.82, 2.24) is 10.2 Å². The molecule has 1 saturated heterocycles. The first-order valence-corrected chi connectivity index (χ1v) is 8.81.